The van der Waals surface area contributed by atoms with Crippen molar-refractivity contribution in [3.8, 4) is 6.07 Å². The Bertz CT molecular complexity index is 1570. The molecule has 0 aromatic carbocycles. The summed E-state index contributed by atoms with van der Waals surface area (Å²) < 4.78 is 66.2. The first-order valence-electron chi connectivity index (χ1n) is 11.1. The molecule has 1 fully saturated rings. The second-order valence-corrected chi connectivity index (χ2v) is 8.64. The predicted molar refractivity (Wildman–Crippen MR) is 118 cm³/mol. The minimum absolute atomic E-state index is 0.0650. The van der Waals surface area contributed by atoms with Gasteiger partial charge in [0.1, 0.15) is 34.5 Å². The standard InChI is InChI=1S/C23H17F5N8O/c1-10(11-2-5-16(31-9-11)23(26,27)28)36-21-17(15(8-29)35-36)22(37)34-20(33-21)13-4-3-12(13)19-30-7-6-14(32-19)18(24)25/h2,5-7,9-10,12-13,18H,3-4H2,1H3,(H,33,34,37)/t10-,12-,13-/m1/s1. The number of nitrogens with one attached hydrogen (secondary N) is 1. The van der Waals surface area contributed by atoms with Crippen LogP contribution in [0.4, 0.5) is 22.0 Å². The van der Waals surface area contributed by atoms with Gasteiger partial charge in [-0.15, -0.1) is 0 Å². The zero-order valence-corrected chi connectivity index (χ0v) is 19.0. The first-order chi connectivity index (χ1) is 17.6. The fraction of sp³-hybridized carbons (Fsp3) is 0.348. The summed E-state index contributed by atoms with van der Waals surface area (Å²) in [6.45, 7) is 1.62. The smallest absolute Gasteiger partial charge is 0.310 e. The molecule has 1 N–H and O–H groups in total. The maximum atomic E-state index is 13.1. The van der Waals surface area contributed by atoms with Crippen LogP contribution in [0.5, 0.6) is 0 Å². The van der Waals surface area contributed by atoms with Gasteiger partial charge in [0, 0.05) is 24.2 Å². The zero-order valence-electron chi connectivity index (χ0n) is 19.0. The number of nitrogens with zero attached hydrogens (tertiary/aromatic N) is 7. The molecule has 0 amide bonds. The maximum absolute atomic E-state index is 13.1. The van der Waals surface area contributed by atoms with Crippen LogP contribution in [-0.2, 0) is 6.18 Å². The van der Waals surface area contributed by atoms with Crippen LogP contribution in [0.25, 0.3) is 11.0 Å². The molecule has 5 rings (SSSR count). The molecule has 37 heavy (non-hydrogen) atoms. The highest BCUT2D eigenvalue weighted by Gasteiger charge is 2.38. The number of pyridine rings is 1. The molecule has 0 unspecified atom stereocenters. The third-order valence-corrected chi connectivity index (χ3v) is 6.49. The number of fused-ring (bicyclic) bond motifs is 1. The second kappa shape index (κ2) is 8.99. The molecule has 1 aliphatic carbocycles. The molecule has 9 nitrogen and oxygen atoms in total. The Balaban J connectivity index is 1.55. The van der Waals surface area contributed by atoms with Gasteiger partial charge in [0.15, 0.2) is 11.3 Å². The molecule has 0 aliphatic heterocycles. The van der Waals surface area contributed by atoms with Crippen LogP contribution in [-0.4, -0.2) is 34.7 Å². The molecule has 0 bridgehead atoms. The minimum Gasteiger partial charge on any atom is -0.310 e. The van der Waals surface area contributed by atoms with Gasteiger partial charge in [0.05, 0.1) is 6.04 Å². The number of hydrogen-bond donors (Lipinski definition) is 1. The van der Waals surface area contributed by atoms with E-state index in [9.17, 15) is 32.0 Å². The van der Waals surface area contributed by atoms with Crippen LogP contribution in [0, 0.1) is 11.3 Å². The Morgan fingerprint density at radius 1 is 1.14 bits per heavy atom. The molecule has 4 heterocycles. The summed E-state index contributed by atoms with van der Waals surface area (Å²) in [7, 11) is 0. The summed E-state index contributed by atoms with van der Waals surface area (Å²) in [5.74, 6) is -0.264. The molecule has 1 saturated carbocycles. The SMILES string of the molecule is C[C@H](c1ccc(C(F)(F)F)nc1)n1nc(C#N)c2c(=O)[nH]c([C@@H]3CC[C@H]3c3nccc(C(F)F)n3)nc21. The molecule has 4 aromatic heterocycles. The normalized spacial score (nSPS) is 18.5. The molecule has 190 valence electrons. The number of aromatic amines is 1. The van der Waals surface area contributed by atoms with E-state index >= 15 is 0 Å². The second-order valence-electron chi connectivity index (χ2n) is 8.64. The third kappa shape index (κ3) is 4.30. The van der Waals surface area contributed by atoms with Gasteiger partial charge in [-0.05, 0) is 37.5 Å². The van der Waals surface area contributed by atoms with Gasteiger partial charge in [-0.3, -0.25) is 9.78 Å². The maximum Gasteiger partial charge on any atom is 0.433 e. The van der Waals surface area contributed by atoms with Crippen molar-refractivity contribution in [3.63, 3.8) is 0 Å². The first-order valence-corrected chi connectivity index (χ1v) is 11.1. The molecule has 4 aromatic rings. The molecule has 0 radical (unpaired) electrons. The Labute approximate surface area is 205 Å². The Morgan fingerprint density at radius 2 is 1.89 bits per heavy atom. The van der Waals surface area contributed by atoms with Gasteiger partial charge >= 0.3 is 6.18 Å². The fourth-order valence-corrected chi connectivity index (χ4v) is 4.37. The molecule has 1 aliphatic rings. The molecular weight excluding hydrogens is 499 g/mol. The van der Waals surface area contributed by atoms with E-state index in [4.69, 9.17) is 0 Å². The highest BCUT2D eigenvalue weighted by molar-refractivity contribution is 5.80. The number of aromatic nitrogens is 7. The van der Waals surface area contributed by atoms with Crippen molar-refractivity contribution >= 4 is 11.0 Å². The van der Waals surface area contributed by atoms with Gasteiger partial charge in [-0.25, -0.2) is 28.4 Å². The van der Waals surface area contributed by atoms with Crippen molar-refractivity contribution < 1.29 is 22.0 Å². The molecule has 3 atom stereocenters. The van der Waals surface area contributed by atoms with Crippen LogP contribution in [0.2, 0.25) is 0 Å². The lowest BCUT2D eigenvalue weighted by Gasteiger charge is -2.34. The van der Waals surface area contributed by atoms with Crippen LogP contribution < -0.4 is 5.56 Å². The Hall–Kier alpha value is -4.28. The predicted octanol–water partition coefficient (Wildman–Crippen LogP) is 4.40. The summed E-state index contributed by atoms with van der Waals surface area (Å²) in [4.78, 5) is 31.7. The lowest BCUT2D eigenvalue weighted by molar-refractivity contribution is -0.141. The van der Waals surface area contributed by atoms with E-state index in [1.165, 1.54) is 16.9 Å². The highest BCUT2D eigenvalue weighted by Crippen LogP contribution is 2.47. The van der Waals surface area contributed by atoms with Crippen LogP contribution >= 0.6 is 0 Å². The lowest BCUT2D eigenvalue weighted by Crippen LogP contribution is -2.28. The van der Waals surface area contributed by atoms with E-state index in [0.29, 0.717) is 18.4 Å². The van der Waals surface area contributed by atoms with Crippen LogP contribution in [0.15, 0.2) is 35.4 Å². The molecule has 0 saturated heterocycles. The van der Waals surface area contributed by atoms with Crippen molar-refractivity contribution in [2.24, 2.45) is 0 Å². The topological polar surface area (TPSA) is 126 Å². The zero-order chi connectivity index (χ0) is 26.5. The summed E-state index contributed by atoms with van der Waals surface area (Å²) in [5.41, 5.74) is -1.85. The van der Waals surface area contributed by atoms with Crippen molar-refractivity contribution in [1.29, 1.82) is 5.26 Å². The highest BCUT2D eigenvalue weighted by atomic mass is 19.4. The average Bonchev–Trinajstić information content (AvgIpc) is 3.22. The van der Waals surface area contributed by atoms with Gasteiger partial charge in [-0.1, -0.05) is 6.07 Å². The van der Waals surface area contributed by atoms with Gasteiger partial charge < -0.3 is 4.98 Å². The quantitative estimate of drug-likeness (QED) is 0.390. The lowest BCUT2D eigenvalue weighted by atomic mass is 9.72. The van der Waals surface area contributed by atoms with Gasteiger partial charge in [-0.2, -0.15) is 23.5 Å². The number of H-pyrrole nitrogens is 1. The summed E-state index contributed by atoms with van der Waals surface area (Å²) in [6.07, 6.45) is -3.87. The van der Waals surface area contributed by atoms with Crippen LogP contribution in [0.3, 0.4) is 0 Å². The average molecular weight is 516 g/mol. The number of hydrogen-bond acceptors (Lipinski definition) is 7. The fourth-order valence-electron chi connectivity index (χ4n) is 4.37. The van der Waals surface area contributed by atoms with E-state index < -0.39 is 35.6 Å². The minimum atomic E-state index is -4.60. The van der Waals surface area contributed by atoms with E-state index in [1.54, 1.807) is 6.92 Å². The Morgan fingerprint density at radius 3 is 2.49 bits per heavy atom. The summed E-state index contributed by atoms with van der Waals surface area (Å²) in [5, 5.41) is 13.6. The first kappa shape index (κ1) is 24.4. The van der Waals surface area contributed by atoms with Gasteiger partial charge in [0.2, 0.25) is 0 Å². The van der Waals surface area contributed by atoms with Crippen LogP contribution in [0.1, 0.15) is 78.4 Å². The number of alkyl halides is 5. The monoisotopic (exact) mass is 516 g/mol. The third-order valence-electron chi connectivity index (χ3n) is 6.49. The molecule has 0 spiro atoms. The van der Waals surface area contributed by atoms with Crippen molar-refractivity contribution in [3.05, 3.63) is 75.2 Å². The van der Waals surface area contributed by atoms with Crippen molar-refractivity contribution in [1.82, 2.24) is 34.7 Å². The van der Waals surface area contributed by atoms with Crippen molar-refractivity contribution in [2.75, 3.05) is 0 Å². The molecule has 14 heteroatoms. The Kier molecular flexibility index (Phi) is 5.93. The van der Waals surface area contributed by atoms with E-state index in [-0.39, 0.29) is 40.2 Å². The summed E-state index contributed by atoms with van der Waals surface area (Å²) in [6, 6.07) is 4.34. The molecular formula is C23H17F5N8O. The number of nitriles is 1. The van der Waals surface area contributed by atoms with Gasteiger partial charge in [0.25, 0.3) is 12.0 Å². The number of halogens is 5. The van der Waals surface area contributed by atoms with Crippen molar-refractivity contribution in [2.45, 2.75) is 50.2 Å². The van der Waals surface area contributed by atoms with E-state index in [1.807, 2.05) is 6.07 Å². The van der Waals surface area contributed by atoms with E-state index in [2.05, 4.69) is 30.0 Å². The summed E-state index contributed by atoms with van der Waals surface area (Å²) >= 11 is 0. The largest absolute Gasteiger partial charge is 0.433 e. The number of rotatable bonds is 5. The van der Waals surface area contributed by atoms with E-state index in [0.717, 1.165) is 18.3 Å².